The third-order valence-corrected chi connectivity index (χ3v) is 13.5. The fourth-order valence-electron chi connectivity index (χ4n) is 9.86. The zero-order valence-electron chi connectivity index (χ0n) is 30.2. The molecule has 0 N–H and O–H groups in total. The van der Waals surface area contributed by atoms with Gasteiger partial charge in [0, 0.05) is 47.8 Å². The zero-order valence-corrected chi connectivity index (χ0v) is 31.0. The molecule has 0 radical (unpaired) electrons. The van der Waals surface area contributed by atoms with E-state index < -0.39 is 0 Å². The van der Waals surface area contributed by atoms with E-state index in [1.807, 2.05) is 11.3 Å². The normalized spacial score (nSPS) is 16.1. The Labute approximate surface area is 326 Å². The highest BCUT2D eigenvalue weighted by atomic mass is 32.1. The van der Waals surface area contributed by atoms with Crippen molar-refractivity contribution in [1.29, 1.82) is 0 Å². The van der Waals surface area contributed by atoms with Crippen LogP contribution in [0.3, 0.4) is 0 Å². The summed E-state index contributed by atoms with van der Waals surface area (Å²) < 4.78 is 13.2. The monoisotopic (exact) mass is 732 g/mol. The van der Waals surface area contributed by atoms with E-state index in [0.717, 1.165) is 5.75 Å². The van der Waals surface area contributed by atoms with E-state index in [9.17, 15) is 0 Å². The van der Waals surface area contributed by atoms with Crippen LogP contribution in [0.1, 0.15) is 21.9 Å². The number of benzene rings is 8. The summed E-state index contributed by atoms with van der Waals surface area (Å²) in [6.07, 6.45) is 2.28. The Kier molecular flexibility index (Phi) is 6.16. The molecule has 0 amide bonds. The molecule has 4 heterocycles. The topological polar surface area (TPSA) is 19.1 Å². The first-order valence-corrected chi connectivity index (χ1v) is 20.1. The summed E-state index contributed by atoms with van der Waals surface area (Å²) in [6.45, 7) is 0. The Bertz CT molecular complexity index is 3470. The molecule has 13 rings (SSSR count). The molecule has 11 aromatic rings. The molecule has 0 spiro atoms. The minimum absolute atomic E-state index is 0.134. The quantitative estimate of drug-likeness (QED) is 0.177. The van der Waals surface area contributed by atoms with Crippen LogP contribution in [0.2, 0.25) is 0 Å². The number of ether oxygens (including phenoxy) is 1. The second-order valence-corrected chi connectivity index (χ2v) is 16.3. The van der Waals surface area contributed by atoms with E-state index >= 15 is 0 Å². The molecule has 0 saturated heterocycles. The number of fused-ring (bicyclic) bond motifs is 15. The SMILES string of the molecule is C1=C(n2c3ccccc3c3cc(-c4ccc5c(c4)c4c6ccccc6ccc4n5-c4ccccc4)ccc32)C2Oc3ccccc3C2c2sc3ccccc3c21. The van der Waals surface area contributed by atoms with Crippen molar-refractivity contribution in [2.24, 2.45) is 0 Å². The number of thiophene rings is 1. The maximum atomic E-state index is 6.95. The minimum Gasteiger partial charge on any atom is -0.483 e. The second kappa shape index (κ2) is 11.3. The summed E-state index contributed by atoms with van der Waals surface area (Å²) in [7, 11) is 0. The molecule has 2 aliphatic rings. The molecule has 1 aliphatic heterocycles. The van der Waals surface area contributed by atoms with Crippen LogP contribution in [-0.4, -0.2) is 15.2 Å². The lowest BCUT2D eigenvalue weighted by molar-refractivity contribution is 0.272. The van der Waals surface area contributed by atoms with Crippen molar-refractivity contribution in [3.05, 3.63) is 192 Å². The molecule has 2 atom stereocenters. The van der Waals surface area contributed by atoms with Crippen molar-refractivity contribution >= 4 is 87.6 Å². The van der Waals surface area contributed by atoms with Crippen molar-refractivity contribution < 1.29 is 4.74 Å². The summed E-state index contributed by atoms with van der Waals surface area (Å²) in [5.74, 6) is 1.12. The smallest absolute Gasteiger partial charge is 0.151 e. The second-order valence-electron chi connectivity index (χ2n) is 15.2. The number of hydrogen-bond donors (Lipinski definition) is 0. The van der Waals surface area contributed by atoms with Crippen LogP contribution in [0, 0.1) is 0 Å². The number of aromatic nitrogens is 2. The first-order valence-electron chi connectivity index (χ1n) is 19.3. The lowest BCUT2D eigenvalue weighted by Gasteiger charge is -2.28. The Morgan fingerprint density at radius 2 is 1.14 bits per heavy atom. The van der Waals surface area contributed by atoms with Gasteiger partial charge in [0.2, 0.25) is 0 Å². The third-order valence-electron chi connectivity index (χ3n) is 12.3. The average Bonchev–Trinajstić information content (AvgIpc) is 4.01. The van der Waals surface area contributed by atoms with E-state index in [1.54, 1.807) is 0 Å². The Hall–Kier alpha value is -6.88. The number of para-hydroxylation sites is 3. The molecule has 2 unspecified atom stereocenters. The summed E-state index contributed by atoms with van der Waals surface area (Å²) in [4.78, 5) is 1.39. The maximum Gasteiger partial charge on any atom is 0.151 e. The van der Waals surface area contributed by atoms with Gasteiger partial charge in [-0.15, -0.1) is 11.3 Å². The third kappa shape index (κ3) is 4.11. The molecule has 8 aromatic carbocycles. The van der Waals surface area contributed by atoms with Gasteiger partial charge in [-0.3, -0.25) is 0 Å². The fraction of sp³-hybridized carbons (Fsp3) is 0.0385. The van der Waals surface area contributed by atoms with Gasteiger partial charge in [-0.05, 0) is 94.2 Å². The van der Waals surface area contributed by atoms with E-state index in [-0.39, 0.29) is 12.0 Å². The van der Waals surface area contributed by atoms with Gasteiger partial charge in [0.1, 0.15) is 5.75 Å². The summed E-state index contributed by atoms with van der Waals surface area (Å²) in [5.41, 5.74) is 12.2. The Balaban J connectivity index is 1.04. The van der Waals surface area contributed by atoms with Gasteiger partial charge in [0.15, 0.2) is 6.10 Å². The highest BCUT2D eigenvalue weighted by Gasteiger charge is 2.44. The summed E-state index contributed by atoms with van der Waals surface area (Å²) in [6, 6.07) is 64.4. The number of rotatable bonds is 3. The molecular weight excluding hydrogens is 701 g/mol. The van der Waals surface area contributed by atoms with Gasteiger partial charge >= 0.3 is 0 Å². The fourth-order valence-corrected chi connectivity index (χ4v) is 11.2. The average molecular weight is 733 g/mol. The standard InChI is InChI=1S/C52H32N2OS/c1-2-13-34(14-3-1)53-44-26-24-33(29-41(44)49-35-15-5-4-12-31(35)22-27-45(49)53)32-23-25-43-39(28-32)36-16-6-9-19-42(36)54(43)46-30-40-37-17-8-11-21-48(37)56-52(40)50-38-18-7-10-20-47(38)55-51(46)50/h1-30,50-51H. The van der Waals surface area contributed by atoms with Crippen LogP contribution in [0.25, 0.3) is 93.1 Å². The van der Waals surface area contributed by atoms with Gasteiger partial charge in [0.25, 0.3) is 0 Å². The minimum atomic E-state index is -0.134. The van der Waals surface area contributed by atoms with Gasteiger partial charge < -0.3 is 13.9 Å². The van der Waals surface area contributed by atoms with E-state index in [1.165, 1.54) is 103 Å². The van der Waals surface area contributed by atoms with Crippen LogP contribution in [0.5, 0.6) is 5.75 Å². The molecule has 0 bridgehead atoms. The maximum absolute atomic E-state index is 6.95. The first-order chi connectivity index (χ1) is 27.8. The first kappa shape index (κ1) is 30.4. The molecular formula is C52H32N2OS. The predicted molar refractivity (Wildman–Crippen MR) is 235 cm³/mol. The van der Waals surface area contributed by atoms with E-state index in [2.05, 4.69) is 191 Å². The molecule has 4 heteroatoms. The molecule has 3 aromatic heterocycles. The highest BCUT2D eigenvalue weighted by molar-refractivity contribution is 7.19. The van der Waals surface area contributed by atoms with Gasteiger partial charge in [0.05, 0.1) is 33.7 Å². The molecule has 1 aliphatic carbocycles. The zero-order chi connectivity index (χ0) is 36.5. The van der Waals surface area contributed by atoms with Crippen molar-refractivity contribution in [2.45, 2.75) is 12.0 Å². The molecule has 0 saturated carbocycles. The van der Waals surface area contributed by atoms with Crippen LogP contribution in [0.4, 0.5) is 0 Å². The molecule has 56 heavy (non-hydrogen) atoms. The van der Waals surface area contributed by atoms with E-state index in [0.29, 0.717) is 0 Å². The Morgan fingerprint density at radius 1 is 0.482 bits per heavy atom. The van der Waals surface area contributed by atoms with Crippen LogP contribution < -0.4 is 4.74 Å². The molecule has 0 fully saturated rings. The van der Waals surface area contributed by atoms with Crippen LogP contribution in [-0.2, 0) is 0 Å². The van der Waals surface area contributed by atoms with Crippen LogP contribution in [0.15, 0.2) is 176 Å². The summed E-state index contributed by atoms with van der Waals surface area (Å²) >= 11 is 1.91. The molecule has 3 nitrogen and oxygen atoms in total. The van der Waals surface area contributed by atoms with Crippen LogP contribution >= 0.6 is 11.3 Å². The van der Waals surface area contributed by atoms with Crippen molar-refractivity contribution in [2.75, 3.05) is 0 Å². The summed E-state index contributed by atoms with van der Waals surface area (Å²) in [5, 5.41) is 8.87. The largest absolute Gasteiger partial charge is 0.483 e. The molecule has 262 valence electrons. The highest BCUT2D eigenvalue weighted by Crippen LogP contribution is 2.55. The Morgan fingerprint density at radius 3 is 2.02 bits per heavy atom. The van der Waals surface area contributed by atoms with E-state index in [4.69, 9.17) is 4.74 Å². The number of hydrogen-bond acceptors (Lipinski definition) is 2. The lowest BCUT2D eigenvalue weighted by Crippen LogP contribution is -2.27. The van der Waals surface area contributed by atoms with Gasteiger partial charge in [-0.2, -0.15) is 0 Å². The van der Waals surface area contributed by atoms with Gasteiger partial charge in [-0.25, -0.2) is 0 Å². The van der Waals surface area contributed by atoms with Crippen molar-refractivity contribution in [3.63, 3.8) is 0 Å². The number of nitrogens with zero attached hydrogens (tertiary/aromatic N) is 2. The van der Waals surface area contributed by atoms with Gasteiger partial charge in [-0.1, -0.05) is 115 Å². The van der Waals surface area contributed by atoms with Crippen molar-refractivity contribution in [1.82, 2.24) is 9.13 Å². The predicted octanol–water partition coefficient (Wildman–Crippen LogP) is 13.8. The lowest BCUT2D eigenvalue weighted by atomic mass is 9.85. The van der Waals surface area contributed by atoms with Crippen molar-refractivity contribution in [3.8, 4) is 22.6 Å².